The summed E-state index contributed by atoms with van der Waals surface area (Å²) in [5.74, 6) is -1.97. The Balaban J connectivity index is 2.41. The third-order valence-electron chi connectivity index (χ3n) is 5.20. The molecule has 2 aliphatic rings. The lowest BCUT2D eigenvalue weighted by atomic mass is 9.77. The summed E-state index contributed by atoms with van der Waals surface area (Å²) in [4.78, 5) is 36.7. The molecule has 1 saturated carbocycles. The smallest absolute Gasteiger partial charge is 0.334 e. The number of hydrogen-bond acceptors (Lipinski definition) is 6. The third kappa shape index (κ3) is 4.41. The molecule has 2 rings (SSSR count). The highest BCUT2D eigenvalue weighted by molar-refractivity contribution is 5.93. The molecule has 1 saturated heterocycles. The number of allylic oxidation sites excluding steroid dienone is 1. The summed E-state index contributed by atoms with van der Waals surface area (Å²) in [6.07, 6.45) is 0.968. The van der Waals surface area contributed by atoms with Gasteiger partial charge in [0.25, 0.3) is 0 Å². The van der Waals surface area contributed by atoms with Crippen molar-refractivity contribution in [2.75, 3.05) is 0 Å². The van der Waals surface area contributed by atoms with Gasteiger partial charge < -0.3 is 14.6 Å². The largest absolute Gasteiger partial charge is 0.454 e. The minimum atomic E-state index is -1.39. The zero-order chi connectivity index (χ0) is 19.6. The number of aliphatic hydroxyl groups is 1. The summed E-state index contributed by atoms with van der Waals surface area (Å²) in [5.41, 5.74) is -0.447. The molecule has 6 heteroatoms. The van der Waals surface area contributed by atoms with E-state index in [1.165, 1.54) is 6.08 Å². The maximum Gasteiger partial charge on any atom is 0.334 e. The maximum absolute atomic E-state index is 12.5. The number of carbonyl (C=O) groups excluding carboxylic acids is 3. The van der Waals surface area contributed by atoms with Crippen molar-refractivity contribution < 1.29 is 29.0 Å². The molecule has 5 atom stereocenters. The van der Waals surface area contributed by atoms with E-state index in [9.17, 15) is 19.5 Å². The highest BCUT2D eigenvalue weighted by Gasteiger charge is 2.52. The lowest BCUT2D eigenvalue weighted by Crippen LogP contribution is -2.52. The number of rotatable bonds is 2. The number of esters is 2. The average Bonchev–Trinajstić information content (AvgIpc) is 2.78. The van der Waals surface area contributed by atoms with E-state index in [0.717, 1.165) is 5.57 Å². The van der Waals surface area contributed by atoms with Crippen molar-refractivity contribution in [1.29, 1.82) is 0 Å². The molecule has 0 bridgehead atoms. The summed E-state index contributed by atoms with van der Waals surface area (Å²) < 4.78 is 10.9. The fourth-order valence-electron chi connectivity index (χ4n) is 3.57. The number of ketones is 1. The van der Waals surface area contributed by atoms with Crippen molar-refractivity contribution in [3.8, 4) is 0 Å². The Hall–Kier alpha value is -1.95. The molecule has 1 heterocycles. The van der Waals surface area contributed by atoms with Gasteiger partial charge in [-0.3, -0.25) is 4.79 Å². The van der Waals surface area contributed by atoms with E-state index >= 15 is 0 Å². The minimum Gasteiger partial charge on any atom is -0.454 e. The molecule has 0 aromatic heterocycles. The van der Waals surface area contributed by atoms with Gasteiger partial charge in [-0.15, -0.1) is 0 Å². The van der Waals surface area contributed by atoms with E-state index < -0.39 is 35.7 Å². The molecule has 1 aliphatic carbocycles. The van der Waals surface area contributed by atoms with Crippen LogP contribution >= 0.6 is 0 Å². The van der Waals surface area contributed by atoms with Crippen molar-refractivity contribution in [3.05, 3.63) is 23.8 Å². The van der Waals surface area contributed by atoms with Crippen LogP contribution in [0.3, 0.4) is 0 Å². The first-order valence-corrected chi connectivity index (χ1v) is 9.03. The summed E-state index contributed by atoms with van der Waals surface area (Å²) in [6.45, 7) is 10.7. The van der Waals surface area contributed by atoms with Gasteiger partial charge in [0.1, 0.15) is 17.5 Å². The van der Waals surface area contributed by atoms with E-state index in [2.05, 4.69) is 6.58 Å². The van der Waals surface area contributed by atoms with Gasteiger partial charge in [-0.2, -0.15) is 0 Å². The number of hydrogen-bond donors (Lipinski definition) is 1. The predicted molar refractivity (Wildman–Crippen MR) is 95.1 cm³/mol. The molecule has 26 heavy (non-hydrogen) atoms. The van der Waals surface area contributed by atoms with Crippen LogP contribution in [-0.2, 0) is 23.9 Å². The summed E-state index contributed by atoms with van der Waals surface area (Å²) in [5, 5.41) is 11.0. The Morgan fingerprint density at radius 3 is 2.65 bits per heavy atom. The summed E-state index contributed by atoms with van der Waals surface area (Å²) in [6, 6.07) is 0. The monoisotopic (exact) mass is 364 g/mol. The number of ether oxygens (including phenoxy) is 2. The van der Waals surface area contributed by atoms with Crippen molar-refractivity contribution in [2.24, 2.45) is 11.8 Å². The van der Waals surface area contributed by atoms with Crippen LogP contribution < -0.4 is 0 Å². The molecule has 2 fully saturated rings. The van der Waals surface area contributed by atoms with Crippen LogP contribution in [0.4, 0.5) is 0 Å². The highest BCUT2D eigenvalue weighted by Crippen LogP contribution is 2.39. The lowest BCUT2D eigenvalue weighted by Gasteiger charge is -2.38. The molecule has 1 aliphatic heterocycles. The van der Waals surface area contributed by atoms with Gasteiger partial charge in [0, 0.05) is 29.9 Å². The molecule has 6 nitrogen and oxygen atoms in total. The molecule has 1 N–H and O–H groups in total. The second kappa shape index (κ2) is 7.74. The standard InChI is InChI=1S/C20H28O6/c1-11(2)9-16(22)25-18-17-14(13(4)19(23)26-17)10-15(21)12(3)7-6-8-20(18,5)24/h9,12,14,17-18,24H,4,6-8,10H2,1-3,5H3/t12-,14+,17+,18-,20-/m1/s1. The van der Waals surface area contributed by atoms with Gasteiger partial charge in [-0.25, -0.2) is 9.59 Å². The Kier molecular flexibility index (Phi) is 6.06. The van der Waals surface area contributed by atoms with Crippen LogP contribution in [0.2, 0.25) is 0 Å². The van der Waals surface area contributed by atoms with E-state index in [1.54, 1.807) is 20.8 Å². The fraction of sp³-hybridized carbons (Fsp3) is 0.650. The SMILES string of the molecule is C=C1C(=O)O[C@@H]2[C@@H](OC(=O)C=C(C)C)[C@](C)(O)CCC[C@@H](C)C(=O)C[C@@H]12. The first-order chi connectivity index (χ1) is 12.0. The van der Waals surface area contributed by atoms with Crippen molar-refractivity contribution in [2.45, 2.75) is 71.2 Å². The average molecular weight is 364 g/mol. The van der Waals surface area contributed by atoms with Crippen LogP contribution in [0.15, 0.2) is 23.8 Å². The second-order valence-electron chi connectivity index (χ2n) is 7.90. The van der Waals surface area contributed by atoms with Crippen LogP contribution in [0.1, 0.15) is 53.4 Å². The van der Waals surface area contributed by atoms with Crippen LogP contribution in [0.25, 0.3) is 0 Å². The Labute approximate surface area is 154 Å². The topological polar surface area (TPSA) is 89.9 Å². The van der Waals surface area contributed by atoms with E-state index in [-0.39, 0.29) is 23.7 Å². The van der Waals surface area contributed by atoms with E-state index in [1.807, 2.05) is 6.92 Å². The molecule has 144 valence electrons. The first kappa shape index (κ1) is 20.4. The van der Waals surface area contributed by atoms with Crippen molar-refractivity contribution in [1.82, 2.24) is 0 Å². The molecular formula is C20H28O6. The van der Waals surface area contributed by atoms with Gasteiger partial charge in [-0.1, -0.05) is 19.1 Å². The minimum absolute atomic E-state index is 0.0235. The van der Waals surface area contributed by atoms with Gasteiger partial charge in [0.15, 0.2) is 6.10 Å². The molecule has 0 aromatic rings. The number of fused-ring (bicyclic) bond motifs is 1. The molecule has 0 amide bonds. The van der Waals surface area contributed by atoms with Crippen LogP contribution in [0.5, 0.6) is 0 Å². The number of Topliss-reactive ketones (excluding diaryl/α,β-unsaturated/α-hetero) is 1. The van der Waals surface area contributed by atoms with Gasteiger partial charge in [0.05, 0.1) is 0 Å². The zero-order valence-corrected chi connectivity index (χ0v) is 15.9. The van der Waals surface area contributed by atoms with E-state index in [0.29, 0.717) is 19.3 Å². The van der Waals surface area contributed by atoms with Crippen molar-refractivity contribution in [3.63, 3.8) is 0 Å². The highest BCUT2D eigenvalue weighted by atomic mass is 16.6. The lowest BCUT2D eigenvalue weighted by molar-refractivity contribution is -0.184. The summed E-state index contributed by atoms with van der Waals surface area (Å²) in [7, 11) is 0. The van der Waals surface area contributed by atoms with Gasteiger partial charge >= 0.3 is 11.9 Å². The summed E-state index contributed by atoms with van der Waals surface area (Å²) >= 11 is 0. The van der Waals surface area contributed by atoms with Crippen LogP contribution in [-0.4, -0.2) is 40.6 Å². The van der Waals surface area contributed by atoms with Gasteiger partial charge in [-0.05, 0) is 40.0 Å². The Bertz CT molecular complexity index is 641. The predicted octanol–water partition coefficient (Wildman–Crippen LogP) is 2.49. The molecular weight excluding hydrogens is 336 g/mol. The van der Waals surface area contributed by atoms with Crippen molar-refractivity contribution >= 4 is 17.7 Å². The fourth-order valence-corrected chi connectivity index (χ4v) is 3.57. The number of carbonyl (C=O) groups is 3. The molecule has 0 spiro atoms. The van der Waals surface area contributed by atoms with Crippen LogP contribution in [0, 0.1) is 11.8 Å². The van der Waals surface area contributed by atoms with Gasteiger partial charge in [0.2, 0.25) is 0 Å². The maximum atomic E-state index is 12.5. The second-order valence-corrected chi connectivity index (χ2v) is 7.90. The Morgan fingerprint density at radius 2 is 2.04 bits per heavy atom. The normalized spacial score (nSPS) is 35.3. The Morgan fingerprint density at radius 1 is 1.38 bits per heavy atom. The van der Waals surface area contributed by atoms with E-state index in [4.69, 9.17) is 9.47 Å². The first-order valence-electron chi connectivity index (χ1n) is 9.03. The zero-order valence-electron chi connectivity index (χ0n) is 15.9. The quantitative estimate of drug-likeness (QED) is 0.598. The molecule has 0 aromatic carbocycles. The third-order valence-corrected chi connectivity index (χ3v) is 5.20. The molecule has 0 radical (unpaired) electrons. The molecule has 0 unspecified atom stereocenters.